The Kier molecular flexibility index (Phi) is 9.13. The van der Waals surface area contributed by atoms with E-state index in [0.717, 1.165) is 27.8 Å². The molecular weight excluding hydrogens is 540 g/mol. The highest BCUT2D eigenvalue weighted by Gasteiger charge is 2.35. The fourth-order valence-corrected chi connectivity index (χ4v) is 5.43. The summed E-state index contributed by atoms with van der Waals surface area (Å²) in [6.07, 6.45) is -1.87. The summed E-state index contributed by atoms with van der Waals surface area (Å²) >= 11 is 0. The van der Waals surface area contributed by atoms with E-state index in [1.165, 1.54) is 0 Å². The Morgan fingerprint density at radius 2 is 1.52 bits per heavy atom. The number of nitrogens with one attached hydrogen (secondary N) is 2. The van der Waals surface area contributed by atoms with Crippen molar-refractivity contribution in [2.45, 2.75) is 37.5 Å². The Bertz CT molecular complexity index is 1400. The number of amides is 2. The first-order chi connectivity index (χ1) is 20.4. The first kappa shape index (κ1) is 28.8. The maximum absolute atomic E-state index is 13.1. The standard InChI is InChI=1S/C32H32N2O8/c35-28(41-18-20-8-2-1-3-9-20)16-27(30(36)33-17-21-14-15-40-29(21)31(37)38)34-32(39)42-19-26-24-12-6-4-10-22(24)23-11-5-7-13-25(23)26/h1-13,21,26-27,29H,14-19H2,(H,33,36)(H,34,39)(H,37,38)/t21-,27+,29-/m1/s1. The topological polar surface area (TPSA) is 140 Å². The third-order valence-corrected chi connectivity index (χ3v) is 7.56. The number of rotatable bonds is 11. The van der Waals surface area contributed by atoms with Crippen LogP contribution in [0.4, 0.5) is 4.79 Å². The van der Waals surface area contributed by atoms with Gasteiger partial charge in [-0.25, -0.2) is 9.59 Å². The lowest BCUT2D eigenvalue weighted by atomic mass is 9.98. The van der Waals surface area contributed by atoms with Gasteiger partial charge in [-0.05, 0) is 34.2 Å². The molecule has 0 saturated carbocycles. The molecule has 2 amide bonds. The fraction of sp³-hybridized carbons (Fsp3) is 0.312. The normalized spacial score (nSPS) is 17.9. The predicted molar refractivity (Wildman–Crippen MR) is 151 cm³/mol. The summed E-state index contributed by atoms with van der Waals surface area (Å²) in [6.45, 7) is 0.327. The van der Waals surface area contributed by atoms with Crippen molar-refractivity contribution < 1.29 is 38.5 Å². The van der Waals surface area contributed by atoms with E-state index in [2.05, 4.69) is 10.6 Å². The summed E-state index contributed by atoms with van der Waals surface area (Å²) in [5.41, 5.74) is 5.01. The Morgan fingerprint density at radius 3 is 2.19 bits per heavy atom. The second-order valence-corrected chi connectivity index (χ2v) is 10.3. The molecule has 0 unspecified atom stereocenters. The van der Waals surface area contributed by atoms with Crippen molar-refractivity contribution >= 4 is 23.9 Å². The predicted octanol–water partition coefficient (Wildman–Crippen LogP) is 3.63. The smallest absolute Gasteiger partial charge is 0.407 e. The summed E-state index contributed by atoms with van der Waals surface area (Å²) < 4.78 is 16.1. The lowest BCUT2D eigenvalue weighted by molar-refractivity contribution is -0.149. The molecule has 42 heavy (non-hydrogen) atoms. The average molecular weight is 573 g/mol. The van der Waals surface area contributed by atoms with Crippen molar-refractivity contribution in [3.63, 3.8) is 0 Å². The Balaban J connectivity index is 1.22. The van der Waals surface area contributed by atoms with Gasteiger partial charge in [0.05, 0.1) is 6.42 Å². The molecule has 10 nitrogen and oxygen atoms in total. The van der Waals surface area contributed by atoms with Gasteiger partial charge in [0.15, 0.2) is 6.10 Å². The summed E-state index contributed by atoms with van der Waals surface area (Å²) in [5, 5.41) is 14.5. The van der Waals surface area contributed by atoms with E-state index in [9.17, 15) is 24.3 Å². The van der Waals surface area contributed by atoms with Crippen molar-refractivity contribution in [2.75, 3.05) is 19.8 Å². The van der Waals surface area contributed by atoms with Gasteiger partial charge in [0.2, 0.25) is 5.91 Å². The first-order valence-corrected chi connectivity index (χ1v) is 13.8. The molecular formula is C32H32N2O8. The van der Waals surface area contributed by atoms with Crippen LogP contribution in [0.1, 0.15) is 35.4 Å². The van der Waals surface area contributed by atoms with Gasteiger partial charge < -0.3 is 30.0 Å². The molecule has 2 aliphatic rings. The number of benzene rings is 3. The van der Waals surface area contributed by atoms with Crippen LogP contribution in [-0.4, -0.2) is 60.9 Å². The molecule has 0 aromatic heterocycles. The molecule has 3 N–H and O–H groups in total. The van der Waals surface area contributed by atoms with Gasteiger partial charge in [-0.2, -0.15) is 0 Å². The van der Waals surface area contributed by atoms with Crippen LogP contribution < -0.4 is 10.6 Å². The molecule has 3 atom stereocenters. The SMILES string of the molecule is O=C(C[C@H](NC(=O)OCC1c2ccccc2-c2ccccc21)C(=O)NC[C@H]1CCO[C@H]1C(=O)O)OCc1ccccc1. The number of carbonyl (C=O) groups excluding carboxylic acids is 3. The molecule has 3 aromatic carbocycles. The lowest BCUT2D eigenvalue weighted by Gasteiger charge is -2.21. The van der Waals surface area contributed by atoms with Gasteiger partial charge in [-0.1, -0.05) is 78.9 Å². The van der Waals surface area contributed by atoms with Crippen LogP contribution in [0.25, 0.3) is 11.1 Å². The van der Waals surface area contributed by atoms with Gasteiger partial charge in [0.1, 0.15) is 19.3 Å². The van der Waals surface area contributed by atoms with E-state index in [1.54, 1.807) is 12.1 Å². The molecule has 3 aromatic rings. The summed E-state index contributed by atoms with van der Waals surface area (Å²) in [6, 6.07) is 23.6. The van der Waals surface area contributed by atoms with Gasteiger partial charge in [0.25, 0.3) is 0 Å². The third-order valence-electron chi connectivity index (χ3n) is 7.56. The number of hydrogen-bond acceptors (Lipinski definition) is 7. The van der Waals surface area contributed by atoms with Crippen molar-refractivity contribution in [3.8, 4) is 11.1 Å². The van der Waals surface area contributed by atoms with Gasteiger partial charge in [-0.3, -0.25) is 9.59 Å². The number of hydrogen-bond donors (Lipinski definition) is 3. The molecule has 1 aliphatic carbocycles. The Morgan fingerprint density at radius 1 is 0.881 bits per heavy atom. The van der Waals surface area contributed by atoms with E-state index in [4.69, 9.17) is 14.2 Å². The molecule has 1 saturated heterocycles. The second kappa shape index (κ2) is 13.3. The number of carboxylic acid groups (broad SMARTS) is 1. The minimum Gasteiger partial charge on any atom is -0.479 e. The van der Waals surface area contributed by atoms with Crippen LogP contribution in [0, 0.1) is 5.92 Å². The number of esters is 1. The number of carbonyl (C=O) groups is 4. The molecule has 0 radical (unpaired) electrons. The zero-order valence-electron chi connectivity index (χ0n) is 22.9. The maximum Gasteiger partial charge on any atom is 0.407 e. The number of aliphatic carboxylic acids is 1. The second-order valence-electron chi connectivity index (χ2n) is 10.3. The van der Waals surface area contributed by atoms with Gasteiger partial charge in [0, 0.05) is 25.0 Å². The van der Waals surface area contributed by atoms with E-state index in [1.807, 2.05) is 66.7 Å². The van der Waals surface area contributed by atoms with Crippen molar-refractivity contribution in [3.05, 3.63) is 95.6 Å². The van der Waals surface area contributed by atoms with Crippen LogP contribution in [0.2, 0.25) is 0 Å². The molecule has 1 fully saturated rings. The van der Waals surface area contributed by atoms with Crippen molar-refractivity contribution in [1.29, 1.82) is 0 Å². The van der Waals surface area contributed by atoms with E-state index in [0.29, 0.717) is 6.42 Å². The zero-order valence-corrected chi connectivity index (χ0v) is 22.9. The molecule has 1 heterocycles. The van der Waals surface area contributed by atoms with Crippen molar-refractivity contribution in [2.24, 2.45) is 5.92 Å². The summed E-state index contributed by atoms with van der Waals surface area (Å²) in [5.74, 6) is -3.07. The van der Waals surface area contributed by atoms with Crippen LogP contribution in [0.5, 0.6) is 0 Å². The lowest BCUT2D eigenvalue weighted by Crippen LogP contribution is -2.50. The zero-order chi connectivity index (χ0) is 29.5. The molecule has 1 aliphatic heterocycles. The Labute approximate surface area is 243 Å². The summed E-state index contributed by atoms with van der Waals surface area (Å²) in [4.78, 5) is 50.2. The highest BCUT2D eigenvalue weighted by Crippen LogP contribution is 2.44. The van der Waals surface area contributed by atoms with Crippen LogP contribution in [-0.2, 0) is 35.2 Å². The number of carboxylic acids is 1. The molecule has 0 spiro atoms. The van der Waals surface area contributed by atoms with E-state index >= 15 is 0 Å². The summed E-state index contributed by atoms with van der Waals surface area (Å²) in [7, 11) is 0. The van der Waals surface area contributed by atoms with Gasteiger partial charge >= 0.3 is 18.0 Å². The molecule has 5 rings (SSSR count). The van der Waals surface area contributed by atoms with Crippen LogP contribution >= 0.6 is 0 Å². The largest absolute Gasteiger partial charge is 0.479 e. The van der Waals surface area contributed by atoms with Crippen LogP contribution in [0.3, 0.4) is 0 Å². The first-order valence-electron chi connectivity index (χ1n) is 13.8. The number of ether oxygens (including phenoxy) is 3. The minimum absolute atomic E-state index is 0.0116. The van der Waals surface area contributed by atoms with E-state index in [-0.39, 0.29) is 32.3 Å². The van der Waals surface area contributed by atoms with Crippen LogP contribution in [0.15, 0.2) is 78.9 Å². The van der Waals surface area contributed by atoms with Gasteiger partial charge in [-0.15, -0.1) is 0 Å². The van der Waals surface area contributed by atoms with E-state index < -0.39 is 48.4 Å². The Hall–Kier alpha value is -4.70. The third kappa shape index (κ3) is 6.77. The maximum atomic E-state index is 13.1. The van der Waals surface area contributed by atoms with Crippen molar-refractivity contribution in [1.82, 2.24) is 10.6 Å². The quantitative estimate of drug-likeness (QED) is 0.296. The number of alkyl carbamates (subject to hydrolysis) is 1. The number of fused-ring (bicyclic) bond motifs is 3. The fourth-order valence-electron chi connectivity index (χ4n) is 5.43. The highest BCUT2D eigenvalue weighted by molar-refractivity contribution is 5.89. The average Bonchev–Trinajstić information content (AvgIpc) is 3.61. The molecule has 10 heteroatoms. The molecule has 218 valence electrons. The monoisotopic (exact) mass is 572 g/mol. The molecule has 0 bridgehead atoms. The minimum atomic E-state index is -1.30. The highest BCUT2D eigenvalue weighted by atomic mass is 16.6.